The number of rotatable bonds is 2. The molecule has 5 heteroatoms. The molecule has 1 aliphatic heterocycles. The molecule has 1 unspecified atom stereocenters. The number of carbonyl (C=O) groups excluding carboxylic acids is 1. The molecule has 0 saturated carbocycles. The Morgan fingerprint density at radius 3 is 2.19 bits per heavy atom. The van der Waals surface area contributed by atoms with Gasteiger partial charge < -0.3 is 27.1 Å². The van der Waals surface area contributed by atoms with E-state index >= 15 is 0 Å². The van der Waals surface area contributed by atoms with E-state index in [1.165, 1.54) is 12.8 Å². The molecular formula is C11H27N3O2. The summed E-state index contributed by atoms with van der Waals surface area (Å²) in [5, 5.41) is 12.3. The average Bonchev–Trinajstić information content (AvgIpc) is 2.18. The maximum Gasteiger partial charge on any atom is 0.0383 e. The van der Waals surface area contributed by atoms with Crippen LogP contribution in [0.3, 0.4) is 0 Å². The molecule has 0 aliphatic carbocycles. The minimum atomic E-state index is -1.08. The molecule has 0 aromatic rings. The summed E-state index contributed by atoms with van der Waals surface area (Å²) in [7, 11) is 0. The van der Waals surface area contributed by atoms with Gasteiger partial charge in [-0.2, -0.15) is 0 Å². The highest BCUT2D eigenvalue weighted by Gasteiger charge is 2.34. The van der Waals surface area contributed by atoms with Gasteiger partial charge in [-0.3, -0.25) is 0 Å². The van der Waals surface area contributed by atoms with Gasteiger partial charge >= 0.3 is 0 Å². The van der Waals surface area contributed by atoms with Crippen LogP contribution in [0, 0.1) is 5.41 Å². The van der Waals surface area contributed by atoms with Crippen molar-refractivity contribution < 1.29 is 9.90 Å². The van der Waals surface area contributed by atoms with Crippen molar-refractivity contribution in [1.29, 1.82) is 0 Å². The van der Waals surface area contributed by atoms with Gasteiger partial charge in [-0.15, -0.1) is 0 Å². The summed E-state index contributed by atoms with van der Waals surface area (Å²) >= 11 is 0. The van der Waals surface area contributed by atoms with Crippen LogP contribution in [-0.4, -0.2) is 25.1 Å². The number of piperidine rings is 1. The first kappa shape index (κ1) is 17.7. The second-order valence-corrected chi connectivity index (χ2v) is 4.13. The number of carboxylic acids is 1. The molecule has 0 spiro atoms. The Morgan fingerprint density at radius 1 is 1.50 bits per heavy atom. The van der Waals surface area contributed by atoms with Crippen LogP contribution in [0.15, 0.2) is 0 Å². The third-order valence-electron chi connectivity index (χ3n) is 3.30. The van der Waals surface area contributed by atoms with E-state index < -0.39 is 5.97 Å². The fourth-order valence-electron chi connectivity index (χ4n) is 2.06. The number of hydrogen-bond acceptors (Lipinski definition) is 4. The maximum absolute atomic E-state index is 8.89. The SMILES string of the molecule is CC(=O)[O-].CCC1(CC)CNCCC1N.[NH4+]. The molecule has 0 aromatic heterocycles. The van der Waals surface area contributed by atoms with Gasteiger partial charge in [-0.1, -0.05) is 13.8 Å². The summed E-state index contributed by atoms with van der Waals surface area (Å²) in [6.07, 6.45) is 3.55. The van der Waals surface area contributed by atoms with Gasteiger partial charge in [-0.25, -0.2) is 0 Å². The molecule has 1 rings (SSSR count). The average molecular weight is 233 g/mol. The van der Waals surface area contributed by atoms with Gasteiger partial charge in [0, 0.05) is 18.6 Å². The Bertz CT molecular complexity index is 190. The quantitative estimate of drug-likeness (QED) is 0.634. The molecule has 1 saturated heterocycles. The highest BCUT2D eigenvalue weighted by molar-refractivity contribution is 5.60. The van der Waals surface area contributed by atoms with Gasteiger partial charge in [0.1, 0.15) is 0 Å². The zero-order chi connectivity index (χ0) is 11.9. The van der Waals surface area contributed by atoms with Crippen molar-refractivity contribution in [2.75, 3.05) is 13.1 Å². The zero-order valence-corrected chi connectivity index (χ0v) is 11.0. The van der Waals surface area contributed by atoms with Crippen LogP contribution in [0.2, 0.25) is 0 Å². The molecule has 1 heterocycles. The van der Waals surface area contributed by atoms with Crippen LogP contribution < -0.4 is 22.3 Å². The lowest BCUT2D eigenvalue weighted by Gasteiger charge is -2.41. The highest BCUT2D eigenvalue weighted by atomic mass is 16.4. The summed E-state index contributed by atoms with van der Waals surface area (Å²) < 4.78 is 0. The number of carbonyl (C=O) groups is 1. The van der Waals surface area contributed by atoms with Crippen LogP contribution in [0.5, 0.6) is 0 Å². The molecule has 0 amide bonds. The molecule has 1 aliphatic rings. The first-order valence-corrected chi connectivity index (χ1v) is 5.62. The van der Waals surface area contributed by atoms with E-state index in [1.54, 1.807) is 0 Å². The van der Waals surface area contributed by atoms with Crippen LogP contribution in [-0.2, 0) is 4.79 Å². The summed E-state index contributed by atoms with van der Waals surface area (Å²) in [6.45, 7) is 7.68. The second-order valence-electron chi connectivity index (χ2n) is 4.13. The lowest BCUT2D eigenvalue weighted by atomic mass is 9.73. The van der Waals surface area contributed by atoms with Crippen LogP contribution in [0.25, 0.3) is 0 Å². The Labute approximate surface area is 98.4 Å². The molecule has 0 bridgehead atoms. The van der Waals surface area contributed by atoms with E-state index in [-0.39, 0.29) is 6.15 Å². The molecule has 1 fully saturated rings. The molecule has 16 heavy (non-hydrogen) atoms. The number of nitrogens with one attached hydrogen (secondary N) is 1. The molecular weight excluding hydrogens is 206 g/mol. The minimum absolute atomic E-state index is 0. The summed E-state index contributed by atoms with van der Waals surface area (Å²) in [5.74, 6) is -1.08. The Hall–Kier alpha value is -0.650. The van der Waals surface area contributed by atoms with Gasteiger partial charge in [-0.05, 0) is 38.1 Å². The van der Waals surface area contributed by atoms with Crippen molar-refractivity contribution >= 4 is 5.97 Å². The van der Waals surface area contributed by atoms with Crippen molar-refractivity contribution in [1.82, 2.24) is 11.5 Å². The van der Waals surface area contributed by atoms with Crippen LogP contribution in [0.1, 0.15) is 40.0 Å². The first-order valence-electron chi connectivity index (χ1n) is 5.62. The molecule has 98 valence electrons. The van der Waals surface area contributed by atoms with Gasteiger partial charge in [0.25, 0.3) is 0 Å². The van der Waals surface area contributed by atoms with Crippen molar-refractivity contribution in [2.45, 2.75) is 46.1 Å². The fourth-order valence-corrected chi connectivity index (χ4v) is 2.06. The maximum atomic E-state index is 8.89. The first-order chi connectivity index (χ1) is 6.98. The second kappa shape index (κ2) is 8.50. The van der Waals surface area contributed by atoms with Crippen molar-refractivity contribution in [3.63, 3.8) is 0 Å². The summed E-state index contributed by atoms with van der Waals surface area (Å²) in [4.78, 5) is 8.89. The highest BCUT2D eigenvalue weighted by Crippen LogP contribution is 2.32. The van der Waals surface area contributed by atoms with Crippen molar-refractivity contribution in [2.24, 2.45) is 11.1 Å². The van der Waals surface area contributed by atoms with Crippen LogP contribution in [0.4, 0.5) is 0 Å². The predicted molar refractivity (Wildman–Crippen MR) is 65.1 cm³/mol. The van der Waals surface area contributed by atoms with Gasteiger partial charge in [0.05, 0.1) is 0 Å². The lowest BCUT2D eigenvalue weighted by Crippen LogP contribution is -2.53. The number of quaternary nitrogens is 1. The number of carboxylic acid groups (broad SMARTS) is 1. The van der Waals surface area contributed by atoms with Gasteiger partial charge in [0.15, 0.2) is 0 Å². The zero-order valence-electron chi connectivity index (χ0n) is 11.0. The van der Waals surface area contributed by atoms with E-state index in [2.05, 4.69) is 19.2 Å². The summed E-state index contributed by atoms with van der Waals surface area (Å²) in [5.41, 5.74) is 6.48. The summed E-state index contributed by atoms with van der Waals surface area (Å²) in [6, 6.07) is 0.416. The van der Waals surface area contributed by atoms with E-state index in [0.717, 1.165) is 26.4 Å². The van der Waals surface area contributed by atoms with Crippen LogP contribution >= 0.6 is 0 Å². The van der Waals surface area contributed by atoms with Crippen molar-refractivity contribution in [3.05, 3.63) is 0 Å². The third-order valence-corrected chi connectivity index (χ3v) is 3.30. The molecule has 0 aromatic carbocycles. The normalized spacial score (nSPS) is 22.4. The largest absolute Gasteiger partial charge is 0.550 e. The van der Waals surface area contributed by atoms with Gasteiger partial charge in [0.2, 0.25) is 0 Å². The Morgan fingerprint density at radius 2 is 1.94 bits per heavy atom. The van der Waals surface area contributed by atoms with E-state index in [0.29, 0.717) is 11.5 Å². The Kier molecular flexibility index (Phi) is 9.42. The third kappa shape index (κ3) is 5.44. The monoisotopic (exact) mass is 233 g/mol. The fraction of sp³-hybridized carbons (Fsp3) is 0.909. The predicted octanol–water partition coefficient (Wildman–Crippen LogP) is 0.246. The molecule has 1 atom stereocenters. The van der Waals surface area contributed by atoms with Crippen molar-refractivity contribution in [3.8, 4) is 0 Å². The molecule has 5 nitrogen and oxygen atoms in total. The number of aliphatic carboxylic acids is 1. The molecule has 0 radical (unpaired) electrons. The number of hydrogen-bond donors (Lipinski definition) is 3. The Balaban J connectivity index is 0. The minimum Gasteiger partial charge on any atom is -0.550 e. The van der Waals surface area contributed by atoms with E-state index in [4.69, 9.17) is 15.6 Å². The van der Waals surface area contributed by atoms with E-state index in [1.807, 2.05) is 0 Å². The topological polar surface area (TPSA) is 115 Å². The lowest BCUT2D eigenvalue weighted by molar-refractivity contribution is -0.302. The van der Waals surface area contributed by atoms with E-state index in [9.17, 15) is 0 Å². The standard InChI is InChI=1S/C9H20N2.C2H4O2.H3N/c1-3-9(4-2)7-11-6-5-8(9)10;1-2(3)4;/h8,11H,3-7,10H2,1-2H3;1H3,(H,3,4);1H3. The molecule has 7 N–H and O–H groups in total. The number of nitrogens with two attached hydrogens (primary N) is 1. The smallest absolute Gasteiger partial charge is 0.0383 e.